The number of aryl methyl sites for hydroxylation is 2. The smallest absolute Gasteiger partial charge is 0.262 e. The summed E-state index contributed by atoms with van der Waals surface area (Å²) < 4.78 is 40.0. The van der Waals surface area contributed by atoms with Gasteiger partial charge in [-0.1, -0.05) is 6.07 Å². The maximum atomic E-state index is 12.9. The number of rotatable bonds is 3. The molecule has 20 heavy (non-hydrogen) atoms. The van der Waals surface area contributed by atoms with Crippen LogP contribution in [0.5, 0.6) is 0 Å². The molecule has 2 aromatic rings. The van der Waals surface area contributed by atoms with Gasteiger partial charge < -0.3 is 0 Å². The Labute approximate surface area is 125 Å². The average molecular weight is 359 g/mol. The van der Waals surface area contributed by atoms with Crippen LogP contribution < -0.4 is 4.72 Å². The van der Waals surface area contributed by atoms with E-state index in [0.29, 0.717) is 0 Å². The SMILES string of the molecule is Cc1ccc(S(=O)(=O)Nc2ncc(F)cc2Br)cc1C. The molecule has 0 fully saturated rings. The summed E-state index contributed by atoms with van der Waals surface area (Å²) in [6.07, 6.45) is 0.947. The van der Waals surface area contributed by atoms with Gasteiger partial charge in [0.05, 0.1) is 15.6 Å². The second kappa shape index (κ2) is 5.49. The van der Waals surface area contributed by atoms with E-state index in [4.69, 9.17) is 0 Å². The van der Waals surface area contributed by atoms with Crippen molar-refractivity contribution in [2.45, 2.75) is 18.7 Å². The monoisotopic (exact) mass is 358 g/mol. The first-order valence-corrected chi connectivity index (χ1v) is 7.98. The molecule has 0 unspecified atom stereocenters. The molecule has 0 amide bonds. The van der Waals surface area contributed by atoms with Crippen LogP contribution in [-0.2, 0) is 10.0 Å². The fourth-order valence-corrected chi connectivity index (χ4v) is 3.22. The lowest BCUT2D eigenvalue weighted by molar-refractivity contribution is 0.600. The predicted molar refractivity (Wildman–Crippen MR) is 78.6 cm³/mol. The molecular formula is C13H12BrFN2O2S. The summed E-state index contributed by atoms with van der Waals surface area (Å²) in [7, 11) is -3.75. The van der Waals surface area contributed by atoms with Crippen molar-refractivity contribution in [3.8, 4) is 0 Å². The maximum Gasteiger partial charge on any atom is 0.263 e. The van der Waals surface area contributed by atoms with E-state index < -0.39 is 15.8 Å². The summed E-state index contributed by atoms with van der Waals surface area (Å²) in [5.74, 6) is -0.504. The van der Waals surface area contributed by atoms with E-state index >= 15 is 0 Å². The van der Waals surface area contributed by atoms with Crippen LogP contribution in [0.3, 0.4) is 0 Å². The van der Waals surface area contributed by atoms with E-state index in [9.17, 15) is 12.8 Å². The molecular weight excluding hydrogens is 347 g/mol. The number of sulfonamides is 1. The van der Waals surface area contributed by atoms with Gasteiger partial charge in [-0.15, -0.1) is 0 Å². The Morgan fingerprint density at radius 1 is 1.20 bits per heavy atom. The molecule has 2 rings (SSSR count). The van der Waals surface area contributed by atoms with Crippen LogP contribution in [-0.4, -0.2) is 13.4 Å². The van der Waals surface area contributed by atoms with E-state index in [0.717, 1.165) is 23.4 Å². The zero-order valence-corrected chi connectivity index (χ0v) is 13.2. The Bertz CT molecular complexity index is 763. The largest absolute Gasteiger partial charge is 0.263 e. The van der Waals surface area contributed by atoms with Crippen molar-refractivity contribution >= 4 is 31.8 Å². The van der Waals surface area contributed by atoms with Crippen LogP contribution in [0.4, 0.5) is 10.2 Å². The normalized spacial score (nSPS) is 11.4. The Kier molecular flexibility index (Phi) is 4.10. The molecule has 1 aromatic heterocycles. The number of hydrogen-bond donors (Lipinski definition) is 1. The summed E-state index contributed by atoms with van der Waals surface area (Å²) in [4.78, 5) is 3.85. The molecule has 0 spiro atoms. The summed E-state index contributed by atoms with van der Waals surface area (Å²) in [6, 6.07) is 5.97. The Hall–Kier alpha value is -1.47. The second-order valence-electron chi connectivity index (χ2n) is 4.34. The van der Waals surface area contributed by atoms with Crippen molar-refractivity contribution < 1.29 is 12.8 Å². The maximum absolute atomic E-state index is 12.9. The number of aromatic nitrogens is 1. The molecule has 4 nitrogen and oxygen atoms in total. The van der Waals surface area contributed by atoms with Gasteiger partial charge in [-0.25, -0.2) is 17.8 Å². The predicted octanol–water partition coefficient (Wildman–Crippen LogP) is 3.40. The first-order valence-electron chi connectivity index (χ1n) is 5.71. The van der Waals surface area contributed by atoms with Gasteiger partial charge in [-0.05, 0) is 59.1 Å². The van der Waals surface area contributed by atoms with Gasteiger partial charge in [-0.3, -0.25) is 4.72 Å². The van der Waals surface area contributed by atoms with Gasteiger partial charge >= 0.3 is 0 Å². The average Bonchev–Trinajstić information content (AvgIpc) is 2.36. The highest BCUT2D eigenvalue weighted by atomic mass is 79.9. The van der Waals surface area contributed by atoms with E-state index in [-0.39, 0.29) is 15.2 Å². The standard InChI is InChI=1S/C13H12BrFN2O2S/c1-8-3-4-11(5-9(8)2)20(18,19)17-13-12(14)6-10(15)7-16-13/h3-7H,1-2H3,(H,16,17). The second-order valence-corrected chi connectivity index (χ2v) is 6.87. The molecule has 0 aliphatic heterocycles. The molecule has 0 aliphatic rings. The first-order chi connectivity index (χ1) is 9.29. The van der Waals surface area contributed by atoms with E-state index in [2.05, 4.69) is 25.6 Å². The minimum absolute atomic E-state index is 0.0460. The molecule has 0 saturated carbocycles. The van der Waals surface area contributed by atoms with Crippen LogP contribution in [0.25, 0.3) is 0 Å². The summed E-state index contributed by atoms with van der Waals surface area (Å²) >= 11 is 3.07. The van der Waals surface area contributed by atoms with Crippen molar-refractivity contribution in [2.24, 2.45) is 0 Å². The number of nitrogens with zero attached hydrogens (tertiary/aromatic N) is 1. The minimum Gasteiger partial charge on any atom is -0.262 e. The number of nitrogens with one attached hydrogen (secondary N) is 1. The van der Waals surface area contributed by atoms with Crippen molar-refractivity contribution in [1.82, 2.24) is 4.98 Å². The molecule has 0 aliphatic carbocycles. The number of hydrogen-bond acceptors (Lipinski definition) is 3. The summed E-state index contributed by atoms with van der Waals surface area (Å²) in [6.45, 7) is 3.73. The molecule has 7 heteroatoms. The molecule has 1 heterocycles. The molecule has 0 bridgehead atoms. The van der Waals surface area contributed by atoms with Crippen molar-refractivity contribution in [3.63, 3.8) is 0 Å². The van der Waals surface area contributed by atoms with Crippen LogP contribution in [0, 0.1) is 19.7 Å². The van der Waals surface area contributed by atoms with Crippen LogP contribution in [0.2, 0.25) is 0 Å². The first kappa shape index (κ1) is 14.9. The zero-order valence-electron chi connectivity index (χ0n) is 10.8. The zero-order chi connectivity index (χ0) is 14.9. The van der Waals surface area contributed by atoms with E-state index in [1.165, 1.54) is 6.07 Å². The van der Waals surface area contributed by atoms with Gasteiger partial charge in [-0.2, -0.15) is 0 Å². The van der Waals surface area contributed by atoms with Crippen LogP contribution >= 0.6 is 15.9 Å². The van der Waals surface area contributed by atoms with Gasteiger partial charge in [0.2, 0.25) is 0 Å². The lowest BCUT2D eigenvalue weighted by Crippen LogP contribution is -2.14. The van der Waals surface area contributed by atoms with Gasteiger partial charge in [0.15, 0.2) is 5.82 Å². The van der Waals surface area contributed by atoms with E-state index in [1.807, 2.05) is 13.8 Å². The minimum atomic E-state index is -3.75. The Morgan fingerprint density at radius 2 is 1.90 bits per heavy atom. The highest BCUT2D eigenvalue weighted by Gasteiger charge is 2.17. The molecule has 1 N–H and O–H groups in total. The summed E-state index contributed by atoms with van der Waals surface area (Å²) in [5, 5.41) is 0. The molecule has 0 radical (unpaired) electrons. The van der Waals surface area contributed by atoms with Gasteiger partial charge in [0.1, 0.15) is 5.82 Å². The van der Waals surface area contributed by atoms with Gasteiger partial charge in [0.25, 0.3) is 10.0 Å². The molecule has 0 saturated heterocycles. The van der Waals surface area contributed by atoms with Crippen LogP contribution in [0.1, 0.15) is 11.1 Å². The summed E-state index contributed by atoms with van der Waals surface area (Å²) in [5.41, 5.74) is 1.88. The van der Waals surface area contributed by atoms with Crippen LogP contribution in [0.15, 0.2) is 39.8 Å². The van der Waals surface area contributed by atoms with Gasteiger partial charge in [0, 0.05) is 0 Å². The molecule has 106 valence electrons. The number of pyridine rings is 1. The van der Waals surface area contributed by atoms with E-state index in [1.54, 1.807) is 12.1 Å². The number of anilines is 1. The number of benzene rings is 1. The molecule has 0 atom stereocenters. The third kappa shape index (κ3) is 3.16. The lowest BCUT2D eigenvalue weighted by Gasteiger charge is -2.10. The Morgan fingerprint density at radius 3 is 2.50 bits per heavy atom. The highest BCUT2D eigenvalue weighted by molar-refractivity contribution is 9.10. The highest BCUT2D eigenvalue weighted by Crippen LogP contribution is 2.24. The van der Waals surface area contributed by atoms with Crippen molar-refractivity contribution in [3.05, 3.63) is 51.9 Å². The quantitative estimate of drug-likeness (QED) is 0.914. The topological polar surface area (TPSA) is 59.1 Å². The Balaban J connectivity index is 2.38. The lowest BCUT2D eigenvalue weighted by atomic mass is 10.1. The third-order valence-electron chi connectivity index (χ3n) is 2.83. The van der Waals surface area contributed by atoms with Crippen molar-refractivity contribution in [1.29, 1.82) is 0 Å². The fraction of sp³-hybridized carbons (Fsp3) is 0.154. The van der Waals surface area contributed by atoms with Crippen molar-refractivity contribution in [2.75, 3.05) is 4.72 Å². The molecule has 1 aromatic carbocycles. The third-order valence-corrected chi connectivity index (χ3v) is 4.77. The fourth-order valence-electron chi connectivity index (χ4n) is 1.56. The number of halogens is 2.